The molecular formula is C15H18N2O2. The number of carbonyl (C=O) groups is 1. The molecule has 2 rings (SSSR count). The summed E-state index contributed by atoms with van der Waals surface area (Å²) in [6.45, 7) is 2.84. The Morgan fingerprint density at radius 2 is 2.05 bits per heavy atom. The van der Waals surface area contributed by atoms with Crippen LogP contribution >= 0.6 is 0 Å². The quantitative estimate of drug-likeness (QED) is 0.835. The smallest absolute Gasteiger partial charge is 0.234 e. The molecule has 0 bridgehead atoms. The van der Waals surface area contributed by atoms with Gasteiger partial charge in [0.2, 0.25) is 5.91 Å². The fourth-order valence-corrected chi connectivity index (χ4v) is 1.74. The van der Waals surface area contributed by atoms with Crippen molar-refractivity contribution in [1.82, 2.24) is 10.6 Å². The van der Waals surface area contributed by atoms with Gasteiger partial charge in [-0.1, -0.05) is 30.3 Å². The van der Waals surface area contributed by atoms with E-state index < -0.39 is 0 Å². The lowest BCUT2D eigenvalue weighted by atomic mass is 10.2. The van der Waals surface area contributed by atoms with Gasteiger partial charge in [-0.3, -0.25) is 4.79 Å². The maximum atomic E-state index is 11.7. The molecule has 0 aliphatic carbocycles. The molecule has 0 fully saturated rings. The molecule has 0 aliphatic rings. The third-order valence-corrected chi connectivity index (χ3v) is 2.94. The summed E-state index contributed by atoms with van der Waals surface area (Å²) in [5.74, 6) is -0.0146. The zero-order chi connectivity index (χ0) is 13.5. The van der Waals surface area contributed by atoms with E-state index in [0.717, 1.165) is 11.1 Å². The molecule has 4 heteroatoms. The van der Waals surface area contributed by atoms with Crippen molar-refractivity contribution >= 4 is 5.91 Å². The van der Waals surface area contributed by atoms with E-state index in [0.29, 0.717) is 13.1 Å². The number of carbonyl (C=O) groups excluding carboxylic acids is 1. The number of amides is 1. The molecule has 19 heavy (non-hydrogen) atoms. The van der Waals surface area contributed by atoms with Crippen LogP contribution in [0.2, 0.25) is 0 Å². The van der Waals surface area contributed by atoms with Crippen LogP contribution in [0, 0.1) is 0 Å². The van der Waals surface area contributed by atoms with E-state index in [1.54, 1.807) is 12.5 Å². The Morgan fingerprint density at radius 3 is 2.74 bits per heavy atom. The predicted molar refractivity (Wildman–Crippen MR) is 73.4 cm³/mol. The van der Waals surface area contributed by atoms with Crippen molar-refractivity contribution < 1.29 is 9.21 Å². The Kier molecular flexibility index (Phi) is 4.75. The standard InChI is InChI=1S/C15H18N2O2/c1-12(14-7-8-19-11-14)16-10-15(18)17-9-13-5-3-2-4-6-13/h2-8,11-12,16H,9-10H2,1H3,(H,17,18). The van der Waals surface area contributed by atoms with Gasteiger partial charge in [0, 0.05) is 18.2 Å². The van der Waals surface area contributed by atoms with E-state index in [4.69, 9.17) is 4.42 Å². The monoisotopic (exact) mass is 258 g/mol. The molecule has 1 aromatic heterocycles. The predicted octanol–water partition coefficient (Wildman–Crippen LogP) is 2.25. The van der Waals surface area contributed by atoms with E-state index in [1.165, 1.54) is 0 Å². The Balaban J connectivity index is 1.70. The van der Waals surface area contributed by atoms with Crippen LogP contribution in [0.1, 0.15) is 24.1 Å². The highest BCUT2D eigenvalue weighted by Gasteiger charge is 2.08. The fourth-order valence-electron chi connectivity index (χ4n) is 1.74. The summed E-state index contributed by atoms with van der Waals surface area (Å²) in [6.07, 6.45) is 3.31. The first-order valence-corrected chi connectivity index (χ1v) is 6.32. The van der Waals surface area contributed by atoms with Gasteiger partial charge in [0.15, 0.2) is 0 Å². The summed E-state index contributed by atoms with van der Waals surface area (Å²) in [7, 11) is 0. The Hall–Kier alpha value is -2.07. The summed E-state index contributed by atoms with van der Waals surface area (Å²) < 4.78 is 5.01. The summed E-state index contributed by atoms with van der Waals surface area (Å²) >= 11 is 0. The van der Waals surface area contributed by atoms with Gasteiger partial charge in [0.1, 0.15) is 0 Å². The van der Waals surface area contributed by atoms with Gasteiger partial charge in [-0.2, -0.15) is 0 Å². The van der Waals surface area contributed by atoms with Crippen LogP contribution in [-0.2, 0) is 11.3 Å². The largest absolute Gasteiger partial charge is 0.472 e. The van der Waals surface area contributed by atoms with E-state index in [1.807, 2.05) is 43.3 Å². The van der Waals surface area contributed by atoms with Crippen LogP contribution in [0.25, 0.3) is 0 Å². The second-order valence-electron chi connectivity index (χ2n) is 4.42. The highest BCUT2D eigenvalue weighted by atomic mass is 16.3. The number of benzene rings is 1. The van der Waals surface area contributed by atoms with Crippen LogP contribution in [0.5, 0.6) is 0 Å². The first kappa shape index (κ1) is 13.4. The molecule has 1 atom stereocenters. The van der Waals surface area contributed by atoms with Crippen LogP contribution < -0.4 is 10.6 Å². The van der Waals surface area contributed by atoms with E-state index in [-0.39, 0.29) is 11.9 Å². The zero-order valence-electron chi connectivity index (χ0n) is 10.9. The molecule has 1 amide bonds. The minimum absolute atomic E-state index is 0.0146. The van der Waals surface area contributed by atoms with E-state index in [9.17, 15) is 4.79 Å². The molecular weight excluding hydrogens is 240 g/mol. The molecule has 0 aliphatic heterocycles. The molecule has 2 N–H and O–H groups in total. The van der Waals surface area contributed by atoms with Gasteiger partial charge in [-0.25, -0.2) is 0 Å². The highest BCUT2D eigenvalue weighted by Crippen LogP contribution is 2.11. The minimum Gasteiger partial charge on any atom is -0.472 e. The Labute approximate surface area is 112 Å². The van der Waals surface area contributed by atoms with E-state index in [2.05, 4.69) is 10.6 Å². The SMILES string of the molecule is CC(NCC(=O)NCc1ccccc1)c1ccoc1. The molecule has 0 saturated heterocycles. The lowest BCUT2D eigenvalue weighted by Crippen LogP contribution is -2.34. The van der Waals surface area contributed by atoms with Gasteiger partial charge in [0.25, 0.3) is 0 Å². The fraction of sp³-hybridized carbons (Fsp3) is 0.267. The van der Waals surface area contributed by atoms with Gasteiger partial charge in [0.05, 0.1) is 19.1 Å². The molecule has 1 aromatic carbocycles. The third-order valence-electron chi connectivity index (χ3n) is 2.94. The molecule has 2 aromatic rings. The van der Waals surface area contributed by atoms with Crippen LogP contribution in [0.4, 0.5) is 0 Å². The molecule has 1 heterocycles. The lowest BCUT2D eigenvalue weighted by Gasteiger charge is -2.12. The van der Waals surface area contributed by atoms with Crippen molar-refractivity contribution in [3.05, 3.63) is 60.1 Å². The highest BCUT2D eigenvalue weighted by molar-refractivity contribution is 5.78. The molecule has 0 radical (unpaired) electrons. The van der Waals surface area contributed by atoms with Gasteiger partial charge < -0.3 is 15.1 Å². The third kappa shape index (κ3) is 4.26. The Morgan fingerprint density at radius 1 is 1.26 bits per heavy atom. The molecule has 100 valence electrons. The first-order valence-electron chi connectivity index (χ1n) is 6.32. The molecule has 0 saturated carbocycles. The number of hydrogen-bond donors (Lipinski definition) is 2. The second kappa shape index (κ2) is 6.75. The van der Waals surface area contributed by atoms with Gasteiger partial charge in [-0.15, -0.1) is 0 Å². The molecule has 4 nitrogen and oxygen atoms in total. The summed E-state index contributed by atoms with van der Waals surface area (Å²) in [4.78, 5) is 11.7. The number of nitrogens with one attached hydrogen (secondary N) is 2. The maximum Gasteiger partial charge on any atom is 0.234 e. The van der Waals surface area contributed by atoms with Gasteiger partial charge >= 0.3 is 0 Å². The van der Waals surface area contributed by atoms with Crippen LogP contribution in [0.3, 0.4) is 0 Å². The minimum atomic E-state index is -0.0146. The van der Waals surface area contributed by atoms with Crippen molar-refractivity contribution in [3.63, 3.8) is 0 Å². The summed E-state index contributed by atoms with van der Waals surface area (Å²) in [5, 5.41) is 6.02. The Bertz CT molecular complexity index is 494. The molecule has 0 spiro atoms. The average Bonchev–Trinajstić information content (AvgIpc) is 2.98. The van der Waals surface area contributed by atoms with Crippen LogP contribution in [0.15, 0.2) is 53.3 Å². The van der Waals surface area contributed by atoms with E-state index >= 15 is 0 Å². The lowest BCUT2D eigenvalue weighted by molar-refractivity contribution is -0.120. The zero-order valence-corrected chi connectivity index (χ0v) is 10.9. The van der Waals surface area contributed by atoms with Crippen molar-refractivity contribution in [2.24, 2.45) is 0 Å². The summed E-state index contributed by atoms with van der Waals surface area (Å²) in [6, 6.07) is 11.8. The van der Waals surface area contributed by atoms with Crippen molar-refractivity contribution in [2.45, 2.75) is 19.5 Å². The normalized spacial score (nSPS) is 12.1. The van der Waals surface area contributed by atoms with Crippen LogP contribution in [-0.4, -0.2) is 12.5 Å². The number of furan rings is 1. The number of hydrogen-bond acceptors (Lipinski definition) is 3. The van der Waals surface area contributed by atoms with Gasteiger partial charge in [-0.05, 0) is 18.6 Å². The molecule has 1 unspecified atom stereocenters. The first-order chi connectivity index (χ1) is 9.25. The topological polar surface area (TPSA) is 54.3 Å². The average molecular weight is 258 g/mol. The van der Waals surface area contributed by atoms with Crippen molar-refractivity contribution in [1.29, 1.82) is 0 Å². The maximum absolute atomic E-state index is 11.7. The summed E-state index contributed by atoms with van der Waals surface area (Å²) in [5.41, 5.74) is 2.13. The number of rotatable bonds is 6. The van der Waals surface area contributed by atoms with Crippen molar-refractivity contribution in [3.8, 4) is 0 Å². The second-order valence-corrected chi connectivity index (χ2v) is 4.42. The van der Waals surface area contributed by atoms with Crippen molar-refractivity contribution in [2.75, 3.05) is 6.54 Å².